The number of para-hydroxylation sites is 1. The van der Waals surface area contributed by atoms with Crippen molar-refractivity contribution in [1.82, 2.24) is 10.3 Å². The van der Waals surface area contributed by atoms with Gasteiger partial charge in [-0.2, -0.15) is 0 Å². The van der Waals surface area contributed by atoms with Crippen LogP contribution in [0.1, 0.15) is 11.1 Å². The summed E-state index contributed by atoms with van der Waals surface area (Å²) >= 11 is 0. The summed E-state index contributed by atoms with van der Waals surface area (Å²) in [5, 5.41) is 14.0. The Labute approximate surface area is 159 Å². The van der Waals surface area contributed by atoms with Crippen LogP contribution in [0.15, 0.2) is 54.7 Å². The lowest BCUT2D eigenvalue weighted by Gasteiger charge is -2.15. The van der Waals surface area contributed by atoms with Crippen LogP contribution in [-0.2, 0) is 22.6 Å². The predicted molar refractivity (Wildman–Crippen MR) is 101 cm³/mol. The van der Waals surface area contributed by atoms with Crippen LogP contribution in [0.4, 0.5) is 10.5 Å². The molecular formula is C19H18N4O5. The number of nitro groups is 1. The van der Waals surface area contributed by atoms with Crippen LogP contribution in [0.2, 0.25) is 0 Å². The topological polar surface area (TPSA) is 140 Å². The number of non-ortho nitro benzene ring substituents is 1. The molecule has 0 radical (unpaired) electrons. The number of rotatable bonds is 7. The van der Waals surface area contributed by atoms with Gasteiger partial charge >= 0.3 is 6.09 Å². The zero-order valence-electron chi connectivity index (χ0n) is 14.8. The molecular weight excluding hydrogens is 364 g/mol. The molecule has 0 aliphatic rings. The maximum absolute atomic E-state index is 12.0. The lowest BCUT2D eigenvalue weighted by Crippen LogP contribution is -2.46. The number of alkyl carbamates (subject to hydrolysis) is 1. The number of hydrogen-bond acceptors (Lipinski definition) is 5. The molecule has 0 fully saturated rings. The van der Waals surface area contributed by atoms with E-state index in [1.807, 2.05) is 24.3 Å². The highest BCUT2D eigenvalue weighted by Crippen LogP contribution is 2.19. The summed E-state index contributed by atoms with van der Waals surface area (Å²) in [6.07, 6.45) is 1.18. The number of carbonyl (C=O) groups is 2. The highest BCUT2D eigenvalue weighted by atomic mass is 16.6. The van der Waals surface area contributed by atoms with Crippen LogP contribution >= 0.6 is 0 Å². The van der Waals surface area contributed by atoms with Crippen LogP contribution in [0.5, 0.6) is 0 Å². The van der Waals surface area contributed by atoms with Crippen LogP contribution in [0.25, 0.3) is 10.9 Å². The first kappa shape index (κ1) is 18.9. The van der Waals surface area contributed by atoms with E-state index in [1.165, 1.54) is 24.3 Å². The van der Waals surface area contributed by atoms with E-state index in [2.05, 4.69) is 10.3 Å². The van der Waals surface area contributed by atoms with Gasteiger partial charge in [-0.3, -0.25) is 14.9 Å². The monoisotopic (exact) mass is 382 g/mol. The van der Waals surface area contributed by atoms with Gasteiger partial charge in [0.05, 0.1) is 4.92 Å². The van der Waals surface area contributed by atoms with E-state index in [0.717, 1.165) is 16.5 Å². The molecule has 28 heavy (non-hydrogen) atoms. The number of aromatic amines is 1. The number of amides is 2. The van der Waals surface area contributed by atoms with Gasteiger partial charge in [0.15, 0.2) is 0 Å². The Morgan fingerprint density at radius 3 is 2.57 bits per heavy atom. The fraction of sp³-hybridized carbons (Fsp3) is 0.158. The third-order valence-corrected chi connectivity index (χ3v) is 4.25. The third-order valence-electron chi connectivity index (χ3n) is 4.25. The van der Waals surface area contributed by atoms with Crippen molar-refractivity contribution in [3.05, 3.63) is 76.0 Å². The minimum Gasteiger partial charge on any atom is -0.445 e. The van der Waals surface area contributed by atoms with E-state index >= 15 is 0 Å². The number of nitro benzene ring substituents is 1. The predicted octanol–water partition coefficient (Wildman–Crippen LogP) is 2.40. The van der Waals surface area contributed by atoms with Gasteiger partial charge < -0.3 is 20.8 Å². The average molecular weight is 382 g/mol. The van der Waals surface area contributed by atoms with Gasteiger partial charge in [0.25, 0.3) is 5.69 Å². The largest absolute Gasteiger partial charge is 0.445 e. The van der Waals surface area contributed by atoms with E-state index in [1.54, 1.807) is 6.20 Å². The number of nitrogens with zero attached hydrogens (tertiary/aromatic N) is 1. The number of ether oxygens (including phenoxy) is 1. The second-order valence-electron chi connectivity index (χ2n) is 6.16. The van der Waals surface area contributed by atoms with Crippen LogP contribution < -0.4 is 11.1 Å². The van der Waals surface area contributed by atoms with Crippen molar-refractivity contribution < 1.29 is 19.2 Å². The van der Waals surface area contributed by atoms with Crippen molar-refractivity contribution in [3.8, 4) is 0 Å². The summed E-state index contributed by atoms with van der Waals surface area (Å²) in [5.74, 6) is -0.683. The van der Waals surface area contributed by atoms with Crippen LogP contribution in [0.3, 0.4) is 0 Å². The number of benzene rings is 2. The Bertz CT molecular complexity index is 1010. The van der Waals surface area contributed by atoms with Crippen molar-refractivity contribution in [3.63, 3.8) is 0 Å². The van der Waals surface area contributed by atoms with Crippen molar-refractivity contribution in [2.45, 2.75) is 19.1 Å². The SMILES string of the molecule is NC(=O)C(Cc1c[nH]c2ccccc12)NC(=O)OCc1ccc([N+](=O)[O-])cc1. The standard InChI is InChI=1S/C19H18N4O5/c20-18(24)17(9-13-10-21-16-4-2-1-3-15(13)16)22-19(25)28-11-12-5-7-14(8-6-12)23(26)27/h1-8,10,17,21H,9,11H2,(H2,20,24)(H,22,25). The van der Waals surface area contributed by atoms with E-state index < -0.39 is 23.0 Å². The molecule has 0 saturated heterocycles. The molecule has 0 aliphatic heterocycles. The average Bonchev–Trinajstić information content (AvgIpc) is 3.09. The molecule has 9 nitrogen and oxygen atoms in total. The number of carbonyl (C=O) groups excluding carboxylic acids is 2. The zero-order valence-corrected chi connectivity index (χ0v) is 14.8. The van der Waals surface area contributed by atoms with Crippen molar-refractivity contribution in [2.24, 2.45) is 5.73 Å². The maximum atomic E-state index is 12.0. The second-order valence-corrected chi connectivity index (χ2v) is 6.16. The van der Waals surface area contributed by atoms with Gasteiger partial charge in [0.1, 0.15) is 12.6 Å². The molecule has 1 atom stereocenters. The number of fused-ring (bicyclic) bond motifs is 1. The molecule has 9 heteroatoms. The van der Waals surface area contributed by atoms with Crippen molar-refractivity contribution in [1.29, 1.82) is 0 Å². The first-order valence-electron chi connectivity index (χ1n) is 8.45. The zero-order chi connectivity index (χ0) is 20.1. The molecule has 0 aliphatic carbocycles. The lowest BCUT2D eigenvalue weighted by atomic mass is 10.0. The van der Waals surface area contributed by atoms with E-state index in [0.29, 0.717) is 5.56 Å². The Balaban J connectivity index is 1.60. The van der Waals surface area contributed by atoms with Gasteiger partial charge in [-0.25, -0.2) is 4.79 Å². The Kier molecular flexibility index (Phi) is 5.54. The molecule has 0 saturated carbocycles. The molecule has 3 aromatic rings. The molecule has 3 rings (SSSR count). The number of H-pyrrole nitrogens is 1. The molecule has 1 unspecified atom stereocenters. The van der Waals surface area contributed by atoms with Gasteiger partial charge in [0, 0.05) is 35.7 Å². The highest BCUT2D eigenvalue weighted by Gasteiger charge is 2.21. The number of nitrogens with two attached hydrogens (primary N) is 1. The van der Waals surface area contributed by atoms with Crippen LogP contribution in [-0.4, -0.2) is 27.9 Å². The lowest BCUT2D eigenvalue weighted by molar-refractivity contribution is -0.384. The normalized spacial score (nSPS) is 11.7. The summed E-state index contributed by atoms with van der Waals surface area (Å²) in [6, 6.07) is 12.3. The van der Waals surface area contributed by atoms with E-state index in [4.69, 9.17) is 10.5 Å². The smallest absolute Gasteiger partial charge is 0.408 e. The van der Waals surface area contributed by atoms with E-state index in [-0.39, 0.29) is 18.7 Å². The number of nitrogens with one attached hydrogen (secondary N) is 2. The van der Waals surface area contributed by atoms with Crippen molar-refractivity contribution >= 4 is 28.6 Å². The summed E-state index contributed by atoms with van der Waals surface area (Å²) in [5.41, 5.74) is 7.70. The van der Waals surface area contributed by atoms with E-state index in [9.17, 15) is 19.7 Å². The number of hydrogen-bond donors (Lipinski definition) is 3. The van der Waals surface area contributed by atoms with Gasteiger partial charge in [-0.05, 0) is 29.3 Å². The minimum absolute atomic E-state index is 0.0549. The summed E-state index contributed by atoms with van der Waals surface area (Å²) in [4.78, 5) is 37.0. The third kappa shape index (κ3) is 4.44. The van der Waals surface area contributed by atoms with Gasteiger partial charge in [0.2, 0.25) is 5.91 Å². The first-order valence-corrected chi connectivity index (χ1v) is 8.45. The molecule has 4 N–H and O–H groups in total. The van der Waals surface area contributed by atoms with Gasteiger partial charge in [-0.15, -0.1) is 0 Å². The minimum atomic E-state index is -0.941. The summed E-state index contributed by atoms with van der Waals surface area (Å²) < 4.78 is 5.08. The molecule has 0 bridgehead atoms. The fourth-order valence-corrected chi connectivity index (χ4v) is 2.79. The number of aromatic nitrogens is 1. The highest BCUT2D eigenvalue weighted by molar-refractivity contribution is 5.87. The quantitative estimate of drug-likeness (QED) is 0.425. The molecule has 144 valence electrons. The van der Waals surface area contributed by atoms with Gasteiger partial charge in [-0.1, -0.05) is 18.2 Å². The molecule has 1 aromatic heterocycles. The molecule has 2 aromatic carbocycles. The molecule has 2 amide bonds. The first-order chi connectivity index (χ1) is 13.4. The summed E-state index contributed by atoms with van der Waals surface area (Å²) in [7, 11) is 0. The Morgan fingerprint density at radius 2 is 1.89 bits per heavy atom. The Hall–Kier alpha value is -3.88. The fourth-order valence-electron chi connectivity index (χ4n) is 2.79. The maximum Gasteiger partial charge on any atom is 0.408 e. The number of primary amides is 1. The molecule has 0 spiro atoms. The van der Waals surface area contributed by atoms with Crippen molar-refractivity contribution in [2.75, 3.05) is 0 Å². The molecule has 1 heterocycles. The Morgan fingerprint density at radius 1 is 1.18 bits per heavy atom. The summed E-state index contributed by atoms with van der Waals surface area (Å²) in [6.45, 7) is -0.0948. The van der Waals surface area contributed by atoms with Crippen LogP contribution in [0, 0.1) is 10.1 Å². The second kappa shape index (κ2) is 8.21.